The van der Waals surface area contributed by atoms with Gasteiger partial charge in [-0.15, -0.1) is 0 Å². The van der Waals surface area contributed by atoms with Crippen molar-refractivity contribution in [3.63, 3.8) is 0 Å². The van der Waals surface area contributed by atoms with Crippen molar-refractivity contribution in [2.75, 3.05) is 5.32 Å². The monoisotopic (exact) mass is 341 g/mol. The number of anilines is 1. The molecule has 0 saturated carbocycles. The zero-order chi connectivity index (χ0) is 16.1. The second-order valence-corrected chi connectivity index (χ2v) is 6.42. The van der Waals surface area contributed by atoms with E-state index in [1.54, 1.807) is 31.2 Å². The molecule has 1 aromatic carbocycles. The lowest BCUT2D eigenvalue weighted by atomic mass is 9.75. The van der Waals surface area contributed by atoms with Crippen LogP contribution in [0.15, 0.2) is 30.4 Å². The Labute approximate surface area is 136 Å². The minimum absolute atomic E-state index is 0.289. The second-order valence-electron chi connectivity index (χ2n) is 5.58. The van der Waals surface area contributed by atoms with E-state index >= 15 is 0 Å². The van der Waals surface area contributed by atoms with E-state index in [1.807, 2.05) is 0 Å². The number of carbonyl (C=O) groups excluding carboxylic acids is 1. The highest BCUT2D eigenvalue weighted by molar-refractivity contribution is 6.36. The first-order valence-corrected chi connectivity index (χ1v) is 7.43. The molecule has 1 saturated heterocycles. The lowest BCUT2D eigenvalue weighted by Crippen LogP contribution is -2.44. The molecule has 0 spiro atoms. The predicted molar refractivity (Wildman–Crippen MR) is 82.1 cm³/mol. The van der Waals surface area contributed by atoms with Gasteiger partial charge in [-0.1, -0.05) is 35.4 Å². The number of fused-ring (bicyclic) bond motifs is 2. The van der Waals surface area contributed by atoms with Crippen LogP contribution in [0.2, 0.25) is 10.0 Å². The van der Waals surface area contributed by atoms with Gasteiger partial charge in [-0.05, 0) is 25.1 Å². The number of carboxylic acids is 1. The van der Waals surface area contributed by atoms with Gasteiger partial charge >= 0.3 is 5.97 Å². The van der Waals surface area contributed by atoms with Gasteiger partial charge in [0.25, 0.3) is 0 Å². The molecule has 3 rings (SSSR count). The smallest absolute Gasteiger partial charge is 0.310 e. The van der Waals surface area contributed by atoms with Gasteiger partial charge in [-0.25, -0.2) is 0 Å². The zero-order valence-electron chi connectivity index (χ0n) is 11.5. The maximum atomic E-state index is 12.6. The molecule has 2 heterocycles. The first-order chi connectivity index (χ1) is 10.3. The van der Waals surface area contributed by atoms with Crippen LogP contribution in [-0.2, 0) is 14.3 Å². The number of aliphatic carboxylic acids is 1. The van der Waals surface area contributed by atoms with E-state index in [0.717, 1.165) is 0 Å². The summed E-state index contributed by atoms with van der Waals surface area (Å²) in [6.45, 7) is 1.71. The predicted octanol–water partition coefficient (Wildman–Crippen LogP) is 2.98. The van der Waals surface area contributed by atoms with Gasteiger partial charge in [0.1, 0.15) is 5.92 Å². The summed E-state index contributed by atoms with van der Waals surface area (Å²) in [6, 6.07) is 4.67. The highest BCUT2D eigenvalue weighted by Gasteiger charge is 2.59. The molecule has 2 aliphatic rings. The van der Waals surface area contributed by atoms with Crippen LogP contribution < -0.4 is 5.32 Å². The number of benzene rings is 1. The molecule has 0 aromatic heterocycles. The maximum absolute atomic E-state index is 12.6. The molecule has 2 aliphatic heterocycles. The first kappa shape index (κ1) is 15.3. The highest BCUT2D eigenvalue weighted by Crippen LogP contribution is 2.47. The fourth-order valence-electron chi connectivity index (χ4n) is 3.08. The summed E-state index contributed by atoms with van der Waals surface area (Å²) in [4.78, 5) is 24.1. The molecule has 0 radical (unpaired) electrons. The lowest BCUT2D eigenvalue weighted by molar-refractivity contribution is -0.146. The molecule has 2 N–H and O–H groups in total. The van der Waals surface area contributed by atoms with E-state index in [9.17, 15) is 14.7 Å². The molecule has 1 aromatic rings. The highest BCUT2D eigenvalue weighted by atomic mass is 35.5. The fraction of sp³-hybridized carbons (Fsp3) is 0.333. The zero-order valence-corrected chi connectivity index (χ0v) is 13.1. The molecule has 1 fully saturated rings. The second kappa shape index (κ2) is 5.26. The van der Waals surface area contributed by atoms with Crippen molar-refractivity contribution in [1.29, 1.82) is 0 Å². The molecule has 2 bridgehead atoms. The van der Waals surface area contributed by atoms with Gasteiger partial charge in [0.2, 0.25) is 5.91 Å². The van der Waals surface area contributed by atoms with Gasteiger partial charge < -0.3 is 15.2 Å². The number of halogens is 2. The van der Waals surface area contributed by atoms with Crippen LogP contribution in [0.4, 0.5) is 5.69 Å². The number of carboxylic acid groups (broad SMARTS) is 1. The molecular weight excluding hydrogens is 329 g/mol. The van der Waals surface area contributed by atoms with Gasteiger partial charge in [-0.2, -0.15) is 0 Å². The Hall–Kier alpha value is -1.56. The summed E-state index contributed by atoms with van der Waals surface area (Å²) in [6.07, 6.45) is 2.85. The van der Waals surface area contributed by atoms with Crippen LogP contribution in [0.3, 0.4) is 0 Å². The topological polar surface area (TPSA) is 75.6 Å². The summed E-state index contributed by atoms with van der Waals surface area (Å²) < 4.78 is 5.65. The number of rotatable bonds is 3. The third kappa shape index (κ3) is 2.39. The van der Waals surface area contributed by atoms with Crippen LogP contribution in [0.1, 0.15) is 6.92 Å². The summed E-state index contributed by atoms with van der Waals surface area (Å²) in [5, 5.41) is 12.8. The van der Waals surface area contributed by atoms with Crippen molar-refractivity contribution in [2.45, 2.75) is 18.6 Å². The fourth-order valence-corrected chi connectivity index (χ4v) is 3.54. The normalized spacial score (nSPS) is 32.2. The van der Waals surface area contributed by atoms with Crippen molar-refractivity contribution in [3.05, 3.63) is 40.4 Å². The lowest BCUT2D eigenvalue weighted by Gasteiger charge is -2.28. The number of ether oxygens (including phenoxy) is 1. The largest absolute Gasteiger partial charge is 0.481 e. The first-order valence-electron chi connectivity index (χ1n) is 6.68. The van der Waals surface area contributed by atoms with Crippen molar-refractivity contribution < 1.29 is 19.4 Å². The summed E-state index contributed by atoms with van der Waals surface area (Å²) in [5.74, 6) is -3.24. The third-order valence-corrected chi connectivity index (χ3v) is 4.64. The van der Waals surface area contributed by atoms with Crippen molar-refractivity contribution in [1.82, 2.24) is 0 Å². The number of hydrogen-bond donors (Lipinski definition) is 2. The minimum Gasteiger partial charge on any atom is -0.481 e. The van der Waals surface area contributed by atoms with E-state index in [0.29, 0.717) is 10.7 Å². The molecule has 116 valence electrons. The molecule has 0 aliphatic carbocycles. The third-order valence-electron chi connectivity index (χ3n) is 4.09. The van der Waals surface area contributed by atoms with E-state index in [-0.39, 0.29) is 5.02 Å². The van der Waals surface area contributed by atoms with Crippen LogP contribution in [0.5, 0.6) is 0 Å². The van der Waals surface area contributed by atoms with E-state index in [2.05, 4.69) is 5.32 Å². The van der Waals surface area contributed by atoms with E-state index in [4.69, 9.17) is 27.9 Å². The molecule has 4 unspecified atom stereocenters. The molecule has 5 nitrogen and oxygen atoms in total. The van der Waals surface area contributed by atoms with Gasteiger partial charge in [0.05, 0.1) is 28.3 Å². The number of carbonyl (C=O) groups is 2. The standard InChI is InChI=1S/C15H13Cl2NO4/c1-15-5-4-10(22-15)11(14(20)21)12(15)13(19)18-9-3-2-7(16)6-8(9)17/h2-6,10-12H,1H3,(H,18,19)(H,20,21). The minimum atomic E-state index is -1.06. The summed E-state index contributed by atoms with van der Waals surface area (Å²) in [7, 11) is 0. The Balaban J connectivity index is 1.88. The molecule has 7 heteroatoms. The molecule has 4 atom stereocenters. The van der Waals surface area contributed by atoms with Crippen LogP contribution in [-0.4, -0.2) is 28.7 Å². The summed E-state index contributed by atoms with van der Waals surface area (Å²) in [5.41, 5.74) is -0.535. The van der Waals surface area contributed by atoms with Crippen molar-refractivity contribution >= 4 is 40.8 Å². The number of amides is 1. The molecule has 22 heavy (non-hydrogen) atoms. The Morgan fingerprint density at radius 1 is 1.36 bits per heavy atom. The number of hydrogen-bond acceptors (Lipinski definition) is 3. The van der Waals surface area contributed by atoms with Crippen LogP contribution in [0.25, 0.3) is 0 Å². The van der Waals surface area contributed by atoms with Crippen LogP contribution in [0, 0.1) is 11.8 Å². The van der Waals surface area contributed by atoms with Gasteiger partial charge in [0.15, 0.2) is 0 Å². The van der Waals surface area contributed by atoms with Crippen LogP contribution >= 0.6 is 23.2 Å². The van der Waals surface area contributed by atoms with E-state index < -0.39 is 35.4 Å². The maximum Gasteiger partial charge on any atom is 0.310 e. The van der Waals surface area contributed by atoms with Gasteiger partial charge in [-0.3, -0.25) is 9.59 Å². The quantitative estimate of drug-likeness (QED) is 0.828. The molecular formula is C15H13Cl2NO4. The molecule has 1 amide bonds. The SMILES string of the molecule is CC12C=CC(O1)C(C(=O)O)C2C(=O)Nc1ccc(Cl)cc1Cl. The van der Waals surface area contributed by atoms with Crippen molar-refractivity contribution in [3.8, 4) is 0 Å². The average molecular weight is 342 g/mol. The Morgan fingerprint density at radius 3 is 2.73 bits per heavy atom. The Bertz CT molecular complexity index is 690. The van der Waals surface area contributed by atoms with E-state index in [1.165, 1.54) is 6.07 Å². The Morgan fingerprint density at radius 2 is 2.09 bits per heavy atom. The average Bonchev–Trinajstić information content (AvgIpc) is 2.94. The Kier molecular flexibility index (Phi) is 3.67. The number of nitrogens with one attached hydrogen (secondary N) is 1. The summed E-state index contributed by atoms with van der Waals surface area (Å²) >= 11 is 11.8. The van der Waals surface area contributed by atoms with Crippen molar-refractivity contribution in [2.24, 2.45) is 11.8 Å². The van der Waals surface area contributed by atoms with Gasteiger partial charge in [0, 0.05) is 5.02 Å².